The second-order valence-corrected chi connectivity index (χ2v) is 8.08. The SMILES string of the molecule is CCOc1cc([C@H]2CC(=O)Nc3ncnn32)cc(I)c1OCc1cccc(Cl)c1. The van der Waals surface area contributed by atoms with E-state index in [1.54, 1.807) is 4.68 Å². The van der Waals surface area contributed by atoms with Gasteiger partial charge in [-0.15, -0.1) is 0 Å². The lowest BCUT2D eigenvalue weighted by molar-refractivity contribution is -0.117. The largest absolute Gasteiger partial charge is 0.490 e. The summed E-state index contributed by atoms with van der Waals surface area (Å²) in [6.45, 7) is 2.78. The van der Waals surface area contributed by atoms with Crippen LogP contribution in [-0.2, 0) is 11.4 Å². The number of benzene rings is 2. The lowest BCUT2D eigenvalue weighted by atomic mass is 10.0. The lowest BCUT2D eigenvalue weighted by Crippen LogP contribution is -2.29. The van der Waals surface area contributed by atoms with Crippen LogP contribution < -0.4 is 14.8 Å². The number of nitrogens with zero attached hydrogens (tertiary/aromatic N) is 3. The van der Waals surface area contributed by atoms with E-state index in [1.807, 2.05) is 43.3 Å². The average molecular weight is 525 g/mol. The molecule has 1 atom stereocenters. The Balaban J connectivity index is 1.66. The van der Waals surface area contributed by atoms with Crippen LogP contribution in [0.5, 0.6) is 11.5 Å². The highest BCUT2D eigenvalue weighted by Gasteiger charge is 2.29. The van der Waals surface area contributed by atoms with Crippen LogP contribution in [0.3, 0.4) is 0 Å². The number of carbonyl (C=O) groups excluding carboxylic acids is 1. The molecule has 0 radical (unpaired) electrons. The molecule has 29 heavy (non-hydrogen) atoms. The van der Waals surface area contributed by atoms with Crippen LogP contribution in [0.15, 0.2) is 42.7 Å². The smallest absolute Gasteiger partial charge is 0.229 e. The van der Waals surface area contributed by atoms with Crippen molar-refractivity contribution < 1.29 is 14.3 Å². The van der Waals surface area contributed by atoms with Crippen molar-refractivity contribution in [2.45, 2.75) is 26.0 Å². The first-order valence-corrected chi connectivity index (χ1v) is 10.5. The highest BCUT2D eigenvalue weighted by Crippen LogP contribution is 2.39. The van der Waals surface area contributed by atoms with Crippen molar-refractivity contribution in [3.63, 3.8) is 0 Å². The van der Waals surface area contributed by atoms with E-state index in [0.717, 1.165) is 14.7 Å². The summed E-state index contributed by atoms with van der Waals surface area (Å²) < 4.78 is 14.5. The fourth-order valence-corrected chi connectivity index (χ4v) is 4.22. The number of anilines is 1. The fraction of sp³-hybridized carbons (Fsp3) is 0.250. The summed E-state index contributed by atoms with van der Waals surface area (Å²) in [4.78, 5) is 16.2. The number of amides is 1. The normalized spacial score (nSPS) is 15.6. The summed E-state index contributed by atoms with van der Waals surface area (Å²) in [5.74, 6) is 1.64. The zero-order chi connectivity index (χ0) is 20.4. The standard InChI is InChI=1S/C20H18ClIN4O3/c1-2-28-17-8-13(16-9-18(27)25-20-23-11-24-26(16)20)7-15(22)19(17)29-10-12-4-3-5-14(21)6-12/h3-8,11,16H,2,9-10H2,1H3,(H,23,24,25,27)/t16-/m1/s1. The lowest BCUT2D eigenvalue weighted by Gasteiger charge is -2.25. The summed E-state index contributed by atoms with van der Waals surface area (Å²) in [6.07, 6.45) is 1.71. The third-order valence-corrected chi connectivity index (χ3v) is 5.52. The number of nitrogens with one attached hydrogen (secondary N) is 1. The Hall–Kier alpha value is -2.33. The van der Waals surface area contributed by atoms with Gasteiger partial charge in [-0.3, -0.25) is 10.1 Å². The van der Waals surface area contributed by atoms with Gasteiger partial charge in [-0.2, -0.15) is 10.1 Å². The van der Waals surface area contributed by atoms with Crippen molar-refractivity contribution in [2.75, 3.05) is 11.9 Å². The molecule has 0 fully saturated rings. The molecule has 4 rings (SSSR count). The molecule has 1 aromatic heterocycles. The molecular formula is C20H18ClIN4O3. The number of halogens is 2. The van der Waals surface area contributed by atoms with E-state index < -0.39 is 0 Å². The minimum absolute atomic E-state index is 0.0928. The Morgan fingerprint density at radius 1 is 1.31 bits per heavy atom. The molecule has 7 nitrogen and oxygen atoms in total. The molecule has 1 amide bonds. The van der Waals surface area contributed by atoms with Gasteiger partial charge < -0.3 is 9.47 Å². The molecule has 9 heteroatoms. The maximum atomic E-state index is 12.1. The third-order valence-electron chi connectivity index (χ3n) is 4.49. The van der Waals surface area contributed by atoms with Crippen molar-refractivity contribution in [2.24, 2.45) is 0 Å². The van der Waals surface area contributed by atoms with E-state index in [2.05, 4.69) is 38.0 Å². The molecule has 0 unspecified atom stereocenters. The Morgan fingerprint density at radius 2 is 2.17 bits per heavy atom. The quantitative estimate of drug-likeness (QED) is 0.482. The molecule has 2 heterocycles. The Bertz CT molecular complexity index is 1060. The van der Waals surface area contributed by atoms with Gasteiger partial charge in [0.25, 0.3) is 0 Å². The van der Waals surface area contributed by atoms with Crippen molar-refractivity contribution in [1.82, 2.24) is 14.8 Å². The monoisotopic (exact) mass is 524 g/mol. The van der Waals surface area contributed by atoms with Crippen molar-refractivity contribution >= 4 is 46.0 Å². The molecule has 1 aliphatic heterocycles. The van der Waals surface area contributed by atoms with Crippen LogP contribution >= 0.6 is 34.2 Å². The Labute approximate surface area is 186 Å². The molecule has 150 valence electrons. The predicted octanol–water partition coefficient (Wildman–Crippen LogP) is 4.45. The number of carbonyl (C=O) groups is 1. The van der Waals surface area contributed by atoms with Gasteiger partial charge in [0.1, 0.15) is 12.9 Å². The zero-order valence-corrected chi connectivity index (χ0v) is 18.5. The number of hydrogen-bond acceptors (Lipinski definition) is 5. The number of hydrogen-bond donors (Lipinski definition) is 1. The van der Waals surface area contributed by atoms with E-state index in [9.17, 15) is 4.79 Å². The zero-order valence-electron chi connectivity index (χ0n) is 15.6. The Morgan fingerprint density at radius 3 is 2.97 bits per heavy atom. The molecule has 0 spiro atoms. The topological polar surface area (TPSA) is 78.3 Å². The van der Waals surface area contributed by atoms with E-state index in [1.165, 1.54) is 6.33 Å². The molecule has 0 bridgehead atoms. The maximum Gasteiger partial charge on any atom is 0.229 e. The van der Waals surface area contributed by atoms with Gasteiger partial charge in [0.15, 0.2) is 11.5 Å². The molecule has 1 aliphatic rings. The van der Waals surface area contributed by atoms with E-state index in [4.69, 9.17) is 21.1 Å². The van der Waals surface area contributed by atoms with E-state index in [-0.39, 0.29) is 18.4 Å². The number of rotatable bonds is 6. The summed E-state index contributed by atoms with van der Waals surface area (Å²) in [6, 6.07) is 11.2. The second kappa shape index (κ2) is 8.58. The van der Waals surface area contributed by atoms with Crippen molar-refractivity contribution in [1.29, 1.82) is 0 Å². The van der Waals surface area contributed by atoms with Gasteiger partial charge in [0, 0.05) is 5.02 Å². The van der Waals surface area contributed by atoms with Crippen LogP contribution in [0.4, 0.5) is 5.95 Å². The highest BCUT2D eigenvalue weighted by molar-refractivity contribution is 14.1. The molecule has 0 saturated heterocycles. The van der Waals surface area contributed by atoms with Crippen LogP contribution in [0.2, 0.25) is 5.02 Å². The van der Waals surface area contributed by atoms with Crippen LogP contribution in [0, 0.1) is 3.57 Å². The van der Waals surface area contributed by atoms with Gasteiger partial charge in [-0.1, -0.05) is 23.7 Å². The average Bonchev–Trinajstić information content (AvgIpc) is 3.15. The van der Waals surface area contributed by atoms with E-state index in [0.29, 0.717) is 35.7 Å². The molecule has 0 aliphatic carbocycles. The Kier molecular flexibility index (Phi) is 5.91. The third kappa shape index (κ3) is 4.32. The van der Waals surface area contributed by atoms with Crippen molar-refractivity contribution in [3.8, 4) is 11.5 Å². The molecule has 2 aromatic carbocycles. The molecular weight excluding hydrogens is 507 g/mol. The summed E-state index contributed by atoms with van der Waals surface area (Å²) in [5.41, 5.74) is 1.88. The number of aromatic nitrogens is 3. The fourth-order valence-electron chi connectivity index (χ4n) is 3.23. The number of ether oxygens (including phenoxy) is 2. The first kappa shape index (κ1) is 20.0. The first-order valence-electron chi connectivity index (χ1n) is 9.08. The van der Waals surface area contributed by atoms with Gasteiger partial charge in [-0.25, -0.2) is 4.68 Å². The van der Waals surface area contributed by atoms with Crippen LogP contribution in [0.25, 0.3) is 0 Å². The summed E-state index contributed by atoms with van der Waals surface area (Å²) in [5, 5.41) is 7.66. The second-order valence-electron chi connectivity index (χ2n) is 6.48. The molecule has 0 saturated carbocycles. The highest BCUT2D eigenvalue weighted by atomic mass is 127. The summed E-state index contributed by atoms with van der Waals surface area (Å²) >= 11 is 8.29. The van der Waals surface area contributed by atoms with Gasteiger partial charge in [0.2, 0.25) is 11.9 Å². The molecule has 1 N–H and O–H groups in total. The predicted molar refractivity (Wildman–Crippen MR) is 118 cm³/mol. The minimum Gasteiger partial charge on any atom is -0.490 e. The summed E-state index contributed by atoms with van der Waals surface area (Å²) in [7, 11) is 0. The van der Waals surface area contributed by atoms with E-state index >= 15 is 0 Å². The van der Waals surface area contributed by atoms with Gasteiger partial charge in [0.05, 0.1) is 22.6 Å². The van der Waals surface area contributed by atoms with Gasteiger partial charge in [-0.05, 0) is 64.9 Å². The minimum atomic E-state index is -0.254. The first-order chi connectivity index (χ1) is 14.0. The maximum absolute atomic E-state index is 12.1. The van der Waals surface area contributed by atoms with Crippen LogP contribution in [-0.4, -0.2) is 27.3 Å². The van der Waals surface area contributed by atoms with Crippen molar-refractivity contribution in [3.05, 3.63) is 62.4 Å². The number of fused-ring (bicyclic) bond motifs is 1. The van der Waals surface area contributed by atoms with Crippen LogP contribution in [0.1, 0.15) is 30.5 Å². The molecule has 3 aromatic rings. The van der Waals surface area contributed by atoms with Gasteiger partial charge >= 0.3 is 0 Å².